The number of pyridine rings is 1. The van der Waals surface area contributed by atoms with E-state index in [1.54, 1.807) is 0 Å². The summed E-state index contributed by atoms with van der Waals surface area (Å²) in [6.45, 7) is 4.30. The van der Waals surface area contributed by atoms with Crippen LogP contribution in [0.2, 0.25) is 5.02 Å². The molecule has 3 rings (SSSR count). The predicted molar refractivity (Wildman–Crippen MR) is 101 cm³/mol. The van der Waals surface area contributed by atoms with Crippen LogP contribution in [0.1, 0.15) is 29.7 Å². The van der Waals surface area contributed by atoms with E-state index in [4.69, 9.17) is 16.6 Å². The van der Waals surface area contributed by atoms with Gasteiger partial charge in [-0.15, -0.1) is 0 Å². The van der Waals surface area contributed by atoms with Gasteiger partial charge in [-0.25, -0.2) is 0 Å². The van der Waals surface area contributed by atoms with E-state index in [9.17, 15) is 0 Å². The Morgan fingerprint density at radius 2 is 2.00 bits per heavy atom. The molecule has 0 N–H and O–H groups in total. The van der Waals surface area contributed by atoms with Gasteiger partial charge in [0, 0.05) is 39.9 Å². The summed E-state index contributed by atoms with van der Waals surface area (Å²) in [7, 11) is 0. The number of rotatable bonds is 4. The van der Waals surface area contributed by atoms with Gasteiger partial charge in [-0.3, -0.25) is 9.98 Å². The molecule has 1 aliphatic rings. The molecular weight excluding hydrogens is 372 g/mol. The number of hydrogen-bond donors (Lipinski definition) is 0. The van der Waals surface area contributed by atoms with Crippen molar-refractivity contribution in [2.24, 2.45) is 4.99 Å². The van der Waals surface area contributed by atoms with E-state index in [0.29, 0.717) is 0 Å². The van der Waals surface area contributed by atoms with Crippen molar-refractivity contribution >= 4 is 33.7 Å². The largest absolute Gasteiger partial charge is 0.281 e. The van der Waals surface area contributed by atoms with Crippen molar-refractivity contribution in [2.75, 3.05) is 0 Å². The van der Waals surface area contributed by atoms with Crippen molar-refractivity contribution in [1.29, 1.82) is 0 Å². The molecule has 0 aliphatic carbocycles. The van der Waals surface area contributed by atoms with E-state index in [2.05, 4.69) is 59.0 Å². The zero-order valence-corrected chi connectivity index (χ0v) is 15.5. The van der Waals surface area contributed by atoms with Gasteiger partial charge in [0.15, 0.2) is 0 Å². The van der Waals surface area contributed by atoms with Crippen molar-refractivity contribution in [3.8, 4) is 0 Å². The molecular formula is C19H18BrClN2. The van der Waals surface area contributed by atoms with Gasteiger partial charge in [-0.1, -0.05) is 36.7 Å². The van der Waals surface area contributed by atoms with Crippen molar-refractivity contribution in [2.45, 2.75) is 31.7 Å². The average molecular weight is 390 g/mol. The van der Waals surface area contributed by atoms with Crippen LogP contribution in [-0.2, 0) is 6.42 Å². The van der Waals surface area contributed by atoms with Crippen molar-refractivity contribution in [1.82, 2.24) is 4.98 Å². The number of hydrogen-bond acceptors (Lipinski definition) is 2. The number of benzene rings is 1. The minimum Gasteiger partial charge on any atom is -0.281 e. The topological polar surface area (TPSA) is 25.2 Å². The standard InChI is InChI=1S/C19H18BrClN2/c1-13-10-16(20)12-22-18(13)14(2)19(8-3-9-23-19)11-15-4-6-17(21)7-5-15/h3-10,12,14H,11H2,1-2H3. The third-order valence-electron chi connectivity index (χ3n) is 4.43. The second kappa shape index (κ2) is 6.58. The Hall–Kier alpha value is -1.45. The monoisotopic (exact) mass is 388 g/mol. The first-order valence-corrected chi connectivity index (χ1v) is 8.77. The van der Waals surface area contributed by atoms with Crippen molar-refractivity contribution in [3.63, 3.8) is 0 Å². The lowest BCUT2D eigenvalue weighted by molar-refractivity contribution is 0.444. The fourth-order valence-corrected chi connectivity index (χ4v) is 3.69. The number of nitrogens with zero attached hydrogens (tertiary/aromatic N) is 2. The highest BCUT2D eigenvalue weighted by Crippen LogP contribution is 2.38. The van der Waals surface area contributed by atoms with Gasteiger partial charge in [0.25, 0.3) is 0 Å². The lowest BCUT2D eigenvalue weighted by Gasteiger charge is -2.32. The Morgan fingerprint density at radius 1 is 1.26 bits per heavy atom. The molecule has 0 fully saturated rings. The van der Waals surface area contributed by atoms with Crippen LogP contribution in [0.15, 0.2) is 58.1 Å². The Morgan fingerprint density at radius 3 is 2.61 bits per heavy atom. The van der Waals surface area contributed by atoms with Crippen LogP contribution < -0.4 is 0 Å². The van der Waals surface area contributed by atoms with Crippen LogP contribution in [0.25, 0.3) is 0 Å². The highest BCUT2D eigenvalue weighted by molar-refractivity contribution is 9.10. The zero-order chi connectivity index (χ0) is 16.4. The maximum atomic E-state index is 6.00. The third-order valence-corrected chi connectivity index (χ3v) is 5.12. The van der Waals surface area contributed by atoms with Gasteiger partial charge in [-0.05, 0) is 58.3 Å². The molecule has 2 heterocycles. The molecule has 1 aliphatic heterocycles. The fraction of sp³-hybridized carbons (Fsp3) is 0.263. The maximum absolute atomic E-state index is 6.00. The predicted octanol–water partition coefficient (Wildman–Crippen LogP) is 5.53. The molecule has 1 aromatic carbocycles. The van der Waals surface area contributed by atoms with Gasteiger partial charge < -0.3 is 0 Å². The average Bonchev–Trinajstić information content (AvgIpc) is 2.99. The van der Waals surface area contributed by atoms with Crippen LogP contribution in [0.3, 0.4) is 0 Å². The van der Waals surface area contributed by atoms with E-state index in [0.717, 1.165) is 21.6 Å². The fourth-order valence-electron chi connectivity index (χ4n) is 3.12. The van der Waals surface area contributed by atoms with E-state index in [1.165, 1.54) is 11.1 Å². The summed E-state index contributed by atoms with van der Waals surface area (Å²) in [5.74, 6) is 0.182. The number of allylic oxidation sites excluding steroid dienone is 1. The van der Waals surface area contributed by atoms with E-state index in [1.807, 2.05) is 30.6 Å². The van der Waals surface area contributed by atoms with E-state index in [-0.39, 0.29) is 11.5 Å². The van der Waals surface area contributed by atoms with Crippen LogP contribution in [0.4, 0.5) is 0 Å². The molecule has 1 aromatic heterocycles. The first-order chi connectivity index (χ1) is 11.0. The first kappa shape index (κ1) is 16.4. The van der Waals surface area contributed by atoms with Crippen LogP contribution in [0.5, 0.6) is 0 Å². The molecule has 4 heteroatoms. The summed E-state index contributed by atoms with van der Waals surface area (Å²) in [5.41, 5.74) is 3.20. The molecule has 0 radical (unpaired) electrons. The summed E-state index contributed by atoms with van der Waals surface area (Å²) in [6.07, 6.45) is 8.80. The Kier molecular flexibility index (Phi) is 4.69. The second-order valence-electron chi connectivity index (χ2n) is 6.01. The van der Waals surface area contributed by atoms with E-state index < -0.39 is 0 Å². The molecule has 118 valence electrons. The summed E-state index contributed by atoms with van der Waals surface area (Å²) < 4.78 is 1.00. The summed E-state index contributed by atoms with van der Waals surface area (Å²) in [6, 6.07) is 10.1. The molecule has 2 unspecified atom stereocenters. The Balaban J connectivity index is 1.96. The Labute approximate surface area is 150 Å². The van der Waals surface area contributed by atoms with Crippen LogP contribution in [0, 0.1) is 6.92 Å². The minimum atomic E-state index is -0.292. The Bertz CT molecular complexity index is 753. The highest BCUT2D eigenvalue weighted by Gasteiger charge is 2.37. The molecule has 0 saturated carbocycles. The van der Waals surface area contributed by atoms with Gasteiger partial charge in [0.2, 0.25) is 0 Å². The smallest absolute Gasteiger partial charge is 0.0912 e. The SMILES string of the molecule is Cc1cc(Br)cnc1C(C)C1(Cc2ccc(Cl)cc2)C=CC=N1. The maximum Gasteiger partial charge on any atom is 0.0912 e. The molecule has 2 nitrogen and oxygen atoms in total. The molecule has 0 saturated heterocycles. The summed E-state index contributed by atoms with van der Waals surface area (Å²) in [5, 5.41) is 0.756. The number of halogens is 2. The summed E-state index contributed by atoms with van der Waals surface area (Å²) >= 11 is 9.48. The quantitative estimate of drug-likeness (QED) is 0.674. The van der Waals surface area contributed by atoms with E-state index >= 15 is 0 Å². The lowest BCUT2D eigenvalue weighted by Crippen LogP contribution is -2.33. The molecule has 0 spiro atoms. The minimum absolute atomic E-state index is 0.182. The zero-order valence-electron chi connectivity index (χ0n) is 13.1. The molecule has 2 aromatic rings. The normalized spacial score (nSPS) is 20.9. The first-order valence-electron chi connectivity index (χ1n) is 7.60. The molecule has 2 atom stereocenters. The molecule has 0 bridgehead atoms. The van der Waals surface area contributed by atoms with Crippen LogP contribution in [-0.4, -0.2) is 16.7 Å². The van der Waals surface area contributed by atoms with Gasteiger partial charge >= 0.3 is 0 Å². The highest BCUT2D eigenvalue weighted by atomic mass is 79.9. The van der Waals surface area contributed by atoms with Crippen molar-refractivity contribution in [3.05, 3.63) is 75.0 Å². The van der Waals surface area contributed by atoms with Gasteiger partial charge in [0.05, 0.1) is 5.54 Å². The number of aliphatic imine (C=N–C) groups is 1. The second-order valence-corrected chi connectivity index (χ2v) is 7.36. The number of aromatic nitrogens is 1. The van der Waals surface area contributed by atoms with Gasteiger partial charge in [0.1, 0.15) is 0 Å². The molecule has 23 heavy (non-hydrogen) atoms. The van der Waals surface area contributed by atoms with Crippen molar-refractivity contribution < 1.29 is 0 Å². The third kappa shape index (κ3) is 3.41. The summed E-state index contributed by atoms with van der Waals surface area (Å²) in [4.78, 5) is 9.45. The van der Waals surface area contributed by atoms with Crippen LogP contribution >= 0.6 is 27.5 Å². The molecule has 0 amide bonds. The number of aryl methyl sites for hydroxylation is 1. The lowest BCUT2D eigenvalue weighted by atomic mass is 9.78. The van der Waals surface area contributed by atoms with Gasteiger partial charge in [-0.2, -0.15) is 0 Å².